The fraction of sp³-hybridized carbons (Fsp3) is 0.786. The molecule has 1 aliphatic carbocycles. The Balaban J connectivity index is 2.08. The van der Waals surface area contributed by atoms with Gasteiger partial charge < -0.3 is 9.26 Å². The van der Waals surface area contributed by atoms with Crippen LogP contribution in [0, 0.1) is 17.2 Å². The lowest BCUT2D eigenvalue weighted by Crippen LogP contribution is -2.35. The molecule has 0 amide bonds. The molecule has 0 aromatic carbocycles. The van der Waals surface area contributed by atoms with Crippen LogP contribution >= 0.6 is 11.8 Å². The number of aromatic nitrogens is 2. The van der Waals surface area contributed by atoms with Crippen LogP contribution < -0.4 is 0 Å². The van der Waals surface area contributed by atoms with E-state index in [1.807, 2.05) is 6.92 Å². The highest BCUT2D eigenvalue weighted by atomic mass is 32.2. The number of hydrogen-bond acceptors (Lipinski definition) is 6. The summed E-state index contributed by atoms with van der Waals surface area (Å²) in [5, 5.41) is 12.7. The van der Waals surface area contributed by atoms with Crippen LogP contribution in [0.25, 0.3) is 0 Å². The predicted octanol–water partition coefficient (Wildman–Crippen LogP) is 3.27. The molecule has 2 rings (SSSR count). The van der Waals surface area contributed by atoms with Crippen molar-refractivity contribution in [1.29, 1.82) is 5.26 Å². The molecule has 1 saturated carbocycles. The van der Waals surface area contributed by atoms with E-state index in [0.29, 0.717) is 29.8 Å². The van der Waals surface area contributed by atoms with Gasteiger partial charge in [-0.25, -0.2) is 0 Å². The number of rotatable bonds is 6. The van der Waals surface area contributed by atoms with Crippen molar-refractivity contribution >= 4 is 11.8 Å². The molecule has 110 valence electrons. The molecule has 1 heterocycles. The molecule has 0 unspecified atom stereocenters. The molecule has 0 saturated heterocycles. The summed E-state index contributed by atoms with van der Waals surface area (Å²) in [5.41, 5.74) is -0.372. The highest BCUT2D eigenvalue weighted by Gasteiger charge is 2.40. The van der Waals surface area contributed by atoms with Crippen LogP contribution in [0.15, 0.2) is 4.52 Å². The molecular formula is C14H21N3O2S. The number of ether oxygens (including phenoxy) is 1. The first kappa shape index (κ1) is 15.3. The molecular weight excluding hydrogens is 274 g/mol. The highest BCUT2D eigenvalue weighted by Crippen LogP contribution is 2.41. The van der Waals surface area contributed by atoms with Crippen LogP contribution in [0.3, 0.4) is 0 Å². The maximum Gasteiger partial charge on any atom is 0.236 e. The first-order valence-electron chi connectivity index (χ1n) is 7.12. The Morgan fingerprint density at radius 2 is 2.25 bits per heavy atom. The van der Waals surface area contributed by atoms with Gasteiger partial charge in [-0.2, -0.15) is 10.2 Å². The van der Waals surface area contributed by atoms with Gasteiger partial charge in [0.1, 0.15) is 5.60 Å². The zero-order valence-electron chi connectivity index (χ0n) is 12.1. The molecule has 0 bridgehead atoms. The third-order valence-electron chi connectivity index (χ3n) is 3.77. The van der Waals surface area contributed by atoms with Gasteiger partial charge in [0, 0.05) is 6.61 Å². The van der Waals surface area contributed by atoms with Gasteiger partial charge in [0.25, 0.3) is 0 Å². The molecule has 0 N–H and O–H groups in total. The Bertz CT molecular complexity index is 461. The second-order valence-corrected chi connectivity index (χ2v) is 6.26. The maximum absolute atomic E-state index is 8.53. The normalized spacial score (nSPS) is 26.4. The molecule has 5 nitrogen and oxygen atoms in total. The number of hydrogen-bond donors (Lipinski definition) is 0. The number of nitriles is 1. The van der Waals surface area contributed by atoms with Gasteiger partial charge in [0.15, 0.2) is 0 Å². The Labute approximate surface area is 124 Å². The van der Waals surface area contributed by atoms with Crippen LogP contribution in [-0.4, -0.2) is 22.5 Å². The van der Waals surface area contributed by atoms with Crippen LogP contribution in [0.5, 0.6) is 0 Å². The van der Waals surface area contributed by atoms with Crippen molar-refractivity contribution in [3.8, 4) is 6.07 Å². The summed E-state index contributed by atoms with van der Waals surface area (Å²) < 4.78 is 11.3. The summed E-state index contributed by atoms with van der Waals surface area (Å²) >= 11 is 1.48. The van der Waals surface area contributed by atoms with Crippen molar-refractivity contribution in [1.82, 2.24) is 10.1 Å². The van der Waals surface area contributed by atoms with Crippen LogP contribution in [0.4, 0.5) is 0 Å². The zero-order chi connectivity index (χ0) is 14.4. The van der Waals surface area contributed by atoms with Crippen molar-refractivity contribution in [2.45, 2.75) is 50.9 Å². The standard InChI is InChI=1S/C14H21N3O2S/c1-3-18-14(6-4-11(2)5-7-14)13-16-12(19-17-13)10-20-9-8-15/h11H,3-7,9-10H2,1-2H3. The minimum atomic E-state index is -0.372. The van der Waals surface area contributed by atoms with E-state index in [1.165, 1.54) is 11.8 Å². The summed E-state index contributed by atoms with van der Waals surface area (Å²) in [6.45, 7) is 4.93. The molecule has 1 aliphatic rings. The van der Waals surface area contributed by atoms with Gasteiger partial charge >= 0.3 is 0 Å². The van der Waals surface area contributed by atoms with Gasteiger partial charge in [0.2, 0.25) is 11.7 Å². The Morgan fingerprint density at radius 1 is 1.50 bits per heavy atom. The topological polar surface area (TPSA) is 71.9 Å². The Morgan fingerprint density at radius 3 is 2.90 bits per heavy atom. The molecule has 1 aromatic rings. The minimum Gasteiger partial charge on any atom is -0.367 e. The summed E-state index contributed by atoms with van der Waals surface area (Å²) in [5.74, 6) is 3.02. The molecule has 0 spiro atoms. The van der Waals surface area contributed by atoms with Crippen molar-refractivity contribution in [3.05, 3.63) is 11.7 Å². The van der Waals surface area contributed by atoms with E-state index >= 15 is 0 Å². The van der Waals surface area contributed by atoms with E-state index in [4.69, 9.17) is 14.5 Å². The largest absolute Gasteiger partial charge is 0.367 e. The summed E-state index contributed by atoms with van der Waals surface area (Å²) in [6.07, 6.45) is 4.17. The van der Waals surface area contributed by atoms with Crippen molar-refractivity contribution < 1.29 is 9.26 Å². The number of thioether (sulfide) groups is 1. The van der Waals surface area contributed by atoms with Crippen LogP contribution in [-0.2, 0) is 16.1 Å². The fourth-order valence-electron chi connectivity index (χ4n) is 2.62. The lowest BCUT2D eigenvalue weighted by Gasteiger charge is -2.36. The monoisotopic (exact) mass is 295 g/mol. The first-order chi connectivity index (χ1) is 9.70. The van der Waals surface area contributed by atoms with E-state index in [9.17, 15) is 0 Å². The molecule has 6 heteroatoms. The molecule has 20 heavy (non-hydrogen) atoms. The van der Waals surface area contributed by atoms with E-state index in [1.54, 1.807) is 0 Å². The second-order valence-electron chi connectivity index (χ2n) is 5.27. The predicted molar refractivity (Wildman–Crippen MR) is 77.0 cm³/mol. The average molecular weight is 295 g/mol. The Hall–Kier alpha value is -1.06. The minimum absolute atomic E-state index is 0.372. The summed E-state index contributed by atoms with van der Waals surface area (Å²) in [6, 6.07) is 2.09. The van der Waals surface area contributed by atoms with E-state index in [2.05, 4.69) is 23.1 Å². The van der Waals surface area contributed by atoms with Crippen LogP contribution in [0.1, 0.15) is 51.2 Å². The lowest BCUT2D eigenvalue weighted by atomic mass is 9.79. The van der Waals surface area contributed by atoms with E-state index < -0.39 is 0 Å². The fourth-order valence-corrected chi connectivity index (χ4v) is 3.10. The number of nitrogens with zero attached hydrogens (tertiary/aromatic N) is 3. The van der Waals surface area contributed by atoms with Gasteiger partial charge in [-0.15, -0.1) is 11.8 Å². The molecule has 1 aromatic heterocycles. The lowest BCUT2D eigenvalue weighted by molar-refractivity contribution is -0.0847. The van der Waals surface area contributed by atoms with E-state index in [-0.39, 0.29) is 5.60 Å². The van der Waals surface area contributed by atoms with E-state index in [0.717, 1.165) is 31.6 Å². The van der Waals surface area contributed by atoms with Gasteiger partial charge in [-0.1, -0.05) is 12.1 Å². The van der Waals surface area contributed by atoms with Gasteiger partial charge in [0.05, 0.1) is 17.6 Å². The SMILES string of the molecule is CCOC1(c2noc(CSCC#N)n2)CCC(C)CC1. The van der Waals surface area contributed by atoms with Crippen molar-refractivity contribution in [3.63, 3.8) is 0 Å². The summed E-state index contributed by atoms with van der Waals surface area (Å²) in [7, 11) is 0. The third-order valence-corrected chi connectivity index (χ3v) is 4.55. The molecule has 0 aliphatic heterocycles. The molecule has 1 fully saturated rings. The Kier molecular flexibility index (Phi) is 5.44. The first-order valence-corrected chi connectivity index (χ1v) is 8.27. The van der Waals surface area contributed by atoms with Gasteiger partial charge in [-0.05, 0) is 38.5 Å². The summed E-state index contributed by atoms with van der Waals surface area (Å²) in [4.78, 5) is 4.49. The smallest absolute Gasteiger partial charge is 0.236 e. The second kappa shape index (κ2) is 7.09. The quantitative estimate of drug-likeness (QED) is 0.750. The average Bonchev–Trinajstić information content (AvgIpc) is 2.92. The molecule has 0 atom stereocenters. The zero-order valence-corrected chi connectivity index (χ0v) is 12.9. The van der Waals surface area contributed by atoms with Gasteiger partial charge in [-0.3, -0.25) is 0 Å². The third kappa shape index (κ3) is 3.53. The van der Waals surface area contributed by atoms with Crippen molar-refractivity contribution in [2.24, 2.45) is 5.92 Å². The molecule has 0 radical (unpaired) electrons. The van der Waals surface area contributed by atoms with Crippen LogP contribution in [0.2, 0.25) is 0 Å². The highest BCUT2D eigenvalue weighted by molar-refractivity contribution is 7.98. The van der Waals surface area contributed by atoms with Crippen molar-refractivity contribution in [2.75, 3.05) is 12.4 Å². The maximum atomic E-state index is 8.53.